The average Bonchev–Trinajstić information content (AvgIpc) is 2.37. The maximum atomic E-state index is 8.96. The number of hydrogen-bond donors (Lipinski definition) is 2. The molecule has 1 fully saturated rings. The van der Waals surface area contributed by atoms with Crippen molar-refractivity contribution in [1.29, 1.82) is 0 Å². The van der Waals surface area contributed by atoms with Crippen molar-refractivity contribution in [2.45, 2.75) is 19.4 Å². The molecular weight excluding hydrogens is 310 g/mol. The van der Waals surface area contributed by atoms with Crippen LogP contribution in [0.1, 0.15) is 19.4 Å². The van der Waals surface area contributed by atoms with Gasteiger partial charge in [-0.15, -0.1) is 0 Å². The van der Waals surface area contributed by atoms with Gasteiger partial charge in [0.25, 0.3) is 0 Å². The highest BCUT2D eigenvalue weighted by atomic mass is 79.9. The highest BCUT2D eigenvalue weighted by molar-refractivity contribution is 9.10. The predicted octanol–water partition coefficient (Wildman–Crippen LogP) is 2.16. The van der Waals surface area contributed by atoms with Crippen LogP contribution in [0.15, 0.2) is 27.8 Å². The average molecular weight is 328 g/mol. The van der Waals surface area contributed by atoms with Crippen molar-refractivity contribution in [2.75, 3.05) is 24.7 Å². The molecule has 3 N–H and O–H groups in total. The van der Waals surface area contributed by atoms with Crippen LogP contribution < -0.4 is 10.6 Å². The van der Waals surface area contributed by atoms with E-state index in [1.165, 1.54) is 0 Å². The molecule has 5 nitrogen and oxygen atoms in total. The number of ether oxygens (including phenoxy) is 1. The van der Waals surface area contributed by atoms with E-state index < -0.39 is 0 Å². The van der Waals surface area contributed by atoms with Crippen LogP contribution in [0.3, 0.4) is 0 Å². The van der Waals surface area contributed by atoms with Gasteiger partial charge in [-0.05, 0) is 41.9 Å². The molecule has 0 spiro atoms. The number of benzene rings is 1. The van der Waals surface area contributed by atoms with E-state index in [2.05, 4.69) is 39.8 Å². The van der Waals surface area contributed by atoms with Crippen LogP contribution in [0.25, 0.3) is 0 Å². The summed E-state index contributed by atoms with van der Waals surface area (Å²) in [5, 5.41) is 12.1. The van der Waals surface area contributed by atoms with Crippen LogP contribution in [-0.4, -0.2) is 36.3 Å². The van der Waals surface area contributed by atoms with Gasteiger partial charge in [0.1, 0.15) is 0 Å². The van der Waals surface area contributed by atoms with Gasteiger partial charge in [-0.1, -0.05) is 11.2 Å². The zero-order valence-electron chi connectivity index (χ0n) is 11.1. The SMILES string of the molecule is CC1(C)COCCN1c1cccc(Br)c1/C(N)=N/O. The summed E-state index contributed by atoms with van der Waals surface area (Å²) in [6, 6.07) is 5.80. The quantitative estimate of drug-likeness (QED) is 0.378. The fourth-order valence-corrected chi connectivity index (χ4v) is 2.90. The maximum Gasteiger partial charge on any atom is 0.173 e. The fraction of sp³-hybridized carbons (Fsp3) is 0.462. The summed E-state index contributed by atoms with van der Waals surface area (Å²) in [5.41, 5.74) is 7.32. The first-order valence-corrected chi connectivity index (χ1v) is 6.88. The summed E-state index contributed by atoms with van der Waals surface area (Å²) in [7, 11) is 0. The molecule has 104 valence electrons. The van der Waals surface area contributed by atoms with Crippen molar-refractivity contribution in [3.63, 3.8) is 0 Å². The van der Waals surface area contributed by atoms with Gasteiger partial charge in [0, 0.05) is 16.7 Å². The number of rotatable bonds is 2. The molecular formula is C13H18BrN3O2. The van der Waals surface area contributed by atoms with Gasteiger partial charge in [-0.3, -0.25) is 0 Å². The first kappa shape index (κ1) is 14.1. The van der Waals surface area contributed by atoms with Crippen LogP contribution in [0.4, 0.5) is 5.69 Å². The van der Waals surface area contributed by atoms with Crippen LogP contribution in [0.2, 0.25) is 0 Å². The minimum absolute atomic E-state index is 0.102. The highest BCUT2D eigenvalue weighted by Gasteiger charge is 2.32. The number of halogens is 1. The Morgan fingerprint density at radius 2 is 2.26 bits per heavy atom. The van der Waals surface area contributed by atoms with E-state index in [9.17, 15) is 0 Å². The second kappa shape index (κ2) is 5.38. The lowest BCUT2D eigenvalue weighted by Gasteiger charge is -2.44. The van der Waals surface area contributed by atoms with E-state index in [0.29, 0.717) is 18.8 Å². The Labute approximate surface area is 121 Å². The lowest BCUT2D eigenvalue weighted by atomic mass is 9.99. The lowest BCUT2D eigenvalue weighted by molar-refractivity contribution is 0.0644. The maximum absolute atomic E-state index is 8.96. The molecule has 0 bridgehead atoms. The molecule has 1 aromatic rings. The van der Waals surface area contributed by atoms with Gasteiger partial charge < -0.3 is 20.6 Å². The molecule has 0 unspecified atom stereocenters. The summed E-state index contributed by atoms with van der Waals surface area (Å²) in [6.45, 7) is 6.32. The number of nitrogens with two attached hydrogens (primary N) is 1. The molecule has 0 atom stereocenters. The van der Waals surface area contributed by atoms with E-state index in [4.69, 9.17) is 15.7 Å². The molecule has 6 heteroatoms. The highest BCUT2D eigenvalue weighted by Crippen LogP contribution is 2.33. The lowest BCUT2D eigenvalue weighted by Crippen LogP contribution is -2.53. The van der Waals surface area contributed by atoms with Crippen molar-refractivity contribution in [3.8, 4) is 0 Å². The number of hydrogen-bond acceptors (Lipinski definition) is 4. The third-order valence-electron chi connectivity index (χ3n) is 3.29. The number of anilines is 1. The van der Waals surface area contributed by atoms with Crippen molar-refractivity contribution in [1.82, 2.24) is 0 Å². The Hall–Kier alpha value is -1.27. The van der Waals surface area contributed by atoms with Crippen LogP contribution in [-0.2, 0) is 4.74 Å². The van der Waals surface area contributed by atoms with E-state index >= 15 is 0 Å². The Kier molecular flexibility index (Phi) is 4.01. The molecule has 2 rings (SSSR count). The van der Waals surface area contributed by atoms with E-state index in [-0.39, 0.29) is 11.4 Å². The van der Waals surface area contributed by atoms with E-state index in [1.54, 1.807) is 0 Å². The molecule has 1 aromatic carbocycles. The summed E-state index contributed by atoms with van der Waals surface area (Å²) in [4.78, 5) is 2.23. The molecule has 1 aliphatic rings. The van der Waals surface area contributed by atoms with Crippen molar-refractivity contribution in [2.24, 2.45) is 10.9 Å². The first-order valence-electron chi connectivity index (χ1n) is 6.09. The Balaban J connectivity index is 2.53. The predicted molar refractivity (Wildman–Crippen MR) is 78.9 cm³/mol. The zero-order chi connectivity index (χ0) is 14.0. The molecule has 0 aromatic heterocycles. The normalized spacial score (nSPS) is 19.5. The second-order valence-electron chi connectivity index (χ2n) is 5.14. The molecule has 1 heterocycles. The third-order valence-corrected chi connectivity index (χ3v) is 3.95. The Bertz CT molecular complexity index is 503. The minimum Gasteiger partial charge on any atom is -0.409 e. The molecule has 1 aliphatic heterocycles. The van der Waals surface area contributed by atoms with Crippen molar-refractivity contribution in [3.05, 3.63) is 28.2 Å². The Morgan fingerprint density at radius 3 is 2.89 bits per heavy atom. The van der Waals surface area contributed by atoms with E-state index in [0.717, 1.165) is 16.7 Å². The van der Waals surface area contributed by atoms with Crippen LogP contribution in [0.5, 0.6) is 0 Å². The molecule has 1 saturated heterocycles. The number of amidine groups is 1. The molecule has 0 radical (unpaired) electrons. The smallest absolute Gasteiger partial charge is 0.173 e. The molecule has 19 heavy (non-hydrogen) atoms. The zero-order valence-corrected chi connectivity index (χ0v) is 12.6. The standard InChI is InChI=1S/C13H18BrN3O2/c1-13(2)8-19-7-6-17(13)10-5-3-4-9(14)11(10)12(15)16-18/h3-5,18H,6-8H2,1-2H3,(H2,15,16). The van der Waals surface area contributed by atoms with Gasteiger partial charge in [0.05, 0.1) is 24.3 Å². The molecule has 0 aliphatic carbocycles. The molecule has 0 saturated carbocycles. The summed E-state index contributed by atoms with van der Waals surface area (Å²) >= 11 is 3.46. The van der Waals surface area contributed by atoms with Gasteiger partial charge in [-0.25, -0.2) is 0 Å². The van der Waals surface area contributed by atoms with Crippen LogP contribution >= 0.6 is 15.9 Å². The summed E-state index contributed by atoms with van der Waals surface area (Å²) in [6.07, 6.45) is 0. The number of morpholine rings is 1. The summed E-state index contributed by atoms with van der Waals surface area (Å²) in [5.74, 6) is 0.102. The van der Waals surface area contributed by atoms with Gasteiger partial charge in [0.15, 0.2) is 5.84 Å². The van der Waals surface area contributed by atoms with Crippen LogP contribution in [0, 0.1) is 0 Å². The first-order chi connectivity index (χ1) is 8.97. The van der Waals surface area contributed by atoms with Gasteiger partial charge in [0.2, 0.25) is 0 Å². The van der Waals surface area contributed by atoms with Gasteiger partial charge in [-0.2, -0.15) is 0 Å². The van der Waals surface area contributed by atoms with E-state index in [1.807, 2.05) is 18.2 Å². The number of nitrogens with zero attached hydrogens (tertiary/aromatic N) is 2. The largest absolute Gasteiger partial charge is 0.409 e. The Morgan fingerprint density at radius 1 is 1.53 bits per heavy atom. The second-order valence-corrected chi connectivity index (χ2v) is 5.99. The van der Waals surface area contributed by atoms with Crippen molar-refractivity contribution < 1.29 is 9.94 Å². The molecule has 0 amide bonds. The number of oxime groups is 1. The van der Waals surface area contributed by atoms with Crippen molar-refractivity contribution >= 4 is 27.5 Å². The minimum atomic E-state index is -0.135. The van der Waals surface area contributed by atoms with Gasteiger partial charge >= 0.3 is 0 Å². The fourth-order valence-electron chi connectivity index (χ4n) is 2.35. The monoisotopic (exact) mass is 327 g/mol. The summed E-state index contributed by atoms with van der Waals surface area (Å²) < 4.78 is 6.34. The topological polar surface area (TPSA) is 71.1 Å². The third kappa shape index (κ3) is 2.69.